The molecule has 0 fully saturated rings. The van der Waals surface area contributed by atoms with Gasteiger partial charge in [0.25, 0.3) is 0 Å². The normalized spacial score (nSPS) is 13.1. The lowest BCUT2D eigenvalue weighted by Gasteiger charge is -2.24. The van der Waals surface area contributed by atoms with E-state index in [1.807, 2.05) is 56.5 Å². The Kier molecular flexibility index (Phi) is 13.9. The molecule has 12 heteroatoms. The third-order valence-corrected chi connectivity index (χ3v) is 8.37. The summed E-state index contributed by atoms with van der Waals surface area (Å²) in [6.07, 6.45) is 1.64. The molecule has 1 aromatic carbocycles. The Morgan fingerprint density at radius 2 is 1.64 bits per heavy atom. The van der Waals surface area contributed by atoms with Crippen LogP contribution >= 0.6 is 18.9 Å². The Bertz CT molecular complexity index is 1260. The summed E-state index contributed by atoms with van der Waals surface area (Å²) >= 11 is 1.57. The second kappa shape index (κ2) is 16.6. The van der Waals surface area contributed by atoms with Gasteiger partial charge in [-0.05, 0) is 89.6 Å². The zero-order valence-electron chi connectivity index (χ0n) is 25.5. The number of hydrogen-bond acceptors (Lipinski definition) is 10. The summed E-state index contributed by atoms with van der Waals surface area (Å²) in [6, 6.07) is 9.84. The molecule has 0 aliphatic carbocycles. The molecular formula is C30H42NO9PS. The van der Waals surface area contributed by atoms with Crippen LogP contribution in [0.5, 0.6) is 0 Å². The number of carbonyl (C=O) groups excluding carboxylic acids is 3. The lowest BCUT2D eigenvalue weighted by atomic mass is 10.00. The van der Waals surface area contributed by atoms with E-state index < -0.39 is 19.2 Å². The van der Waals surface area contributed by atoms with Gasteiger partial charge in [-0.2, -0.15) is 0 Å². The number of amides is 1. The van der Waals surface area contributed by atoms with Crippen LogP contribution in [0.4, 0.5) is 10.5 Å². The predicted octanol–water partition coefficient (Wildman–Crippen LogP) is 6.86. The monoisotopic (exact) mass is 623 g/mol. The highest BCUT2D eigenvalue weighted by Gasteiger charge is 2.30. The standard InChI is InChI=1S/C22H25NO4S.C8H17O5P/c1-5-26-20(24)14-17(19-7-6-12-28-19)15-8-9-18-16(13-15)10-11-23(18)21(25)27-22(2,3)4;1-4-11-8(9)7-14(10,12-5-2)13-6-3/h6-9,12-14H,5,10-11H2,1-4H3;4-7H2,1-3H3. The molecule has 1 aromatic heterocycles. The topological polar surface area (TPSA) is 118 Å². The van der Waals surface area contributed by atoms with Gasteiger partial charge in [0.2, 0.25) is 0 Å². The molecule has 0 bridgehead atoms. The highest BCUT2D eigenvalue weighted by atomic mass is 32.1. The van der Waals surface area contributed by atoms with Crippen molar-refractivity contribution in [1.29, 1.82) is 0 Å². The highest BCUT2D eigenvalue weighted by molar-refractivity contribution is 7.54. The van der Waals surface area contributed by atoms with E-state index in [-0.39, 0.29) is 38.0 Å². The molecule has 0 spiro atoms. The maximum Gasteiger partial charge on any atom is 0.414 e. The predicted molar refractivity (Wildman–Crippen MR) is 164 cm³/mol. The third-order valence-electron chi connectivity index (χ3n) is 5.52. The minimum absolute atomic E-state index is 0.247. The minimum Gasteiger partial charge on any atom is -0.466 e. The number of esters is 2. The fourth-order valence-corrected chi connectivity index (χ4v) is 6.21. The van der Waals surface area contributed by atoms with E-state index >= 15 is 0 Å². The number of rotatable bonds is 11. The summed E-state index contributed by atoms with van der Waals surface area (Å²) in [5, 5.41) is 1.98. The Balaban J connectivity index is 0.000000374. The van der Waals surface area contributed by atoms with Gasteiger partial charge < -0.3 is 23.3 Å². The molecule has 0 saturated heterocycles. The van der Waals surface area contributed by atoms with Gasteiger partial charge in [0, 0.05) is 23.1 Å². The first-order chi connectivity index (χ1) is 19.9. The fourth-order valence-electron chi connectivity index (χ4n) is 3.99. The van der Waals surface area contributed by atoms with Crippen LogP contribution in [0.2, 0.25) is 0 Å². The summed E-state index contributed by atoms with van der Waals surface area (Å²) in [6.45, 7) is 14.1. The maximum absolute atomic E-state index is 12.5. The molecule has 3 rings (SSSR count). The molecule has 42 heavy (non-hydrogen) atoms. The van der Waals surface area contributed by atoms with Gasteiger partial charge in [-0.1, -0.05) is 12.1 Å². The number of hydrogen-bond donors (Lipinski definition) is 0. The summed E-state index contributed by atoms with van der Waals surface area (Å²) < 4.78 is 36.9. The van der Waals surface area contributed by atoms with E-state index in [0.717, 1.165) is 33.7 Å². The summed E-state index contributed by atoms with van der Waals surface area (Å²) in [5.41, 5.74) is 3.15. The molecule has 0 atom stereocenters. The second-order valence-corrected chi connectivity index (χ2v) is 12.9. The molecule has 0 saturated carbocycles. The Hall–Kier alpha value is -2.98. The van der Waals surface area contributed by atoms with Crippen LogP contribution in [0, 0.1) is 0 Å². The van der Waals surface area contributed by atoms with E-state index in [4.69, 9.17) is 18.5 Å². The van der Waals surface area contributed by atoms with Crippen molar-refractivity contribution in [1.82, 2.24) is 0 Å². The number of nitrogens with zero attached hydrogens (tertiary/aromatic N) is 1. The first kappa shape index (κ1) is 35.2. The van der Waals surface area contributed by atoms with E-state index in [2.05, 4.69) is 4.74 Å². The van der Waals surface area contributed by atoms with Crippen LogP contribution in [-0.4, -0.2) is 62.8 Å². The van der Waals surface area contributed by atoms with Gasteiger partial charge in [-0.3, -0.25) is 14.3 Å². The van der Waals surface area contributed by atoms with Crippen molar-refractivity contribution < 1.29 is 42.2 Å². The number of anilines is 1. The highest BCUT2D eigenvalue weighted by Crippen LogP contribution is 2.47. The fraction of sp³-hybridized carbons (Fsp3) is 0.500. The Labute approximate surface area is 252 Å². The number of benzene rings is 1. The molecule has 1 amide bonds. The zero-order chi connectivity index (χ0) is 31.3. The van der Waals surface area contributed by atoms with Crippen LogP contribution in [0.1, 0.15) is 64.5 Å². The molecule has 0 radical (unpaired) electrons. The molecule has 2 aromatic rings. The van der Waals surface area contributed by atoms with Gasteiger partial charge in [0.1, 0.15) is 11.8 Å². The van der Waals surface area contributed by atoms with Crippen LogP contribution in [0.15, 0.2) is 41.8 Å². The van der Waals surface area contributed by atoms with Crippen molar-refractivity contribution in [2.24, 2.45) is 0 Å². The van der Waals surface area contributed by atoms with E-state index in [1.54, 1.807) is 43.9 Å². The maximum atomic E-state index is 12.5. The Morgan fingerprint density at radius 3 is 2.19 bits per heavy atom. The van der Waals surface area contributed by atoms with Gasteiger partial charge in [-0.15, -0.1) is 11.3 Å². The van der Waals surface area contributed by atoms with Crippen LogP contribution in [0.25, 0.3) is 5.57 Å². The largest absolute Gasteiger partial charge is 0.466 e. The molecule has 232 valence electrons. The number of fused-ring (bicyclic) bond motifs is 1. The molecular weight excluding hydrogens is 581 g/mol. The lowest BCUT2D eigenvalue weighted by Crippen LogP contribution is -2.35. The first-order valence-corrected chi connectivity index (χ1v) is 16.6. The molecule has 1 aliphatic rings. The van der Waals surface area contributed by atoms with Crippen molar-refractivity contribution in [2.75, 3.05) is 44.0 Å². The van der Waals surface area contributed by atoms with Crippen molar-refractivity contribution in [3.63, 3.8) is 0 Å². The van der Waals surface area contributed by atoms with Crippen molar-refractivity contribution >= 4 is 48.2 Å². The summed E-state index contributed by atoms with van der Waals surface area (Å²) in [4.78, 5) is 38.3. The Morgan fingerprint density at radius 1 is 0.976 bits per heavy atom. The number of carbonyl (C=O) groups is 3. The molecule has 2 heterocycles. The van der Waals surface area contributed by atoms with Crippen molar-refractivity contribution in [3.8, 4) is 0 Å². The van der Waals surface area contributed by atoms with Gasteiger partial charge in [-0.25, -0.2) is 9.59 Å². The summed E-state index contributed by atoms with van der Waals surface area (Å²) in [7, 11) is -3.28. The number of thiophene rings is 1. The smallest absolute Gasteiger partial charge is 0.414 e. The number of ether oxygens (including phenoxy) is 3. The molecule has 0 N–H and O–H groups in total. The third kappa shape index (κ3) is 11.0. The van der Waals surface area contributed by atoms with Gasteiger partial charge in [0.15, 0.2) is 0 Å². The van der Waals surface area contributed by atoms with Crippen LogP contribution < -0.4 is 4.90 Å². The lowest BCUT2D eigenvalue weighted by molar-refractivity contribution is -0.140. The molecule has 1 aliphatic heterocycles. The van der Waals surface area contributed by atoms with Crippen molar-refractivity contribution in [3.05, 3.63) is 57.8 Å². The van der Waals surface area contributed by atoms with Crippen LogP contribution in [0.3, 0.4) is 0 Å². The quantitative estimate of drug-likeness (QED) is 0.115. The first-order valence-electron chi connectivity index (χ1n) is 14.0. The average molecular weight is 624 g/mol. The minimum atomic E-state index is -3.28. The summed E-state index contributed by atoms with van der Waals surface area (Å²) in [5.74, 6) is -0.917. The van der Waals surface area contributed by atoms with Gasteiger partial charge in [0.05, 0.1) is 32.1 Å². The van der Waals surface area contributed by atoms with E-state index in [9.17, 15) is 18.9 Å². The average Bonchev–Trinajstić information content (AvgIpc) is 3.57. The van der Waals surface area contributed by atoms with Crippen LogP contribution in [-0.2, 0) is 43.8 Å². The second-order valence-electron chi connectivity index (χ2n) is 9.92. The van der Waals surface area contributed by atoms with Crippen molar-refractivity contribution in [2.45, 2.75) is 60.5 Å². The van der Waals surface area contributed by atoms with E-state index in [1.165, 1.54) is 6.08 Å². The SMILES string of the molecule is CCOC(=O)C=C(c1ccc2c(c1)CCN2C(=O)OC(C)(C)C)c1cccs1.CCOC(=O)CP(=O)(OCC)OCC. The molecule has 10 nitrogen and oxygen atoms in total. The van der Waals surface area contributed by atoms with Gasteiger partial charge >= 0.3 is 25.6 Å². The van der Waals surface area contributed by atoms with E-state index in [0.29, 0.717) is 13.2 Å². The molecule has 0 unspecified atom stereocenters. The zero-order valence-corrected chi connectivity index (χ0v) is 27.2.